The number of H-pyrrole nitrogens is 1. The van der Waals surface area contributed by atoms with Gasteiger partial charge in [0.15, 0.2) is 23.9 Å². The summed E-state index contributed by atoms with van der Waals surface area (Å²) in [5.41, 5.74) is 5.60. The van der Waals surface area contributed by atoms with Gasteiger partial charge in [-0.05, 0) is 53.3 Å². The number of aromatic nitrogens is 6. The summed E-state index contributed by atoms with van der Waals surface area (Å²) in [5.74, 6) is 0.211. The van der Waals surface area contributed by atoms with Crippen LogP contribution in [0, 0.1) is 0 Å². The van der Waals surface area contributed by atoms with E-state index in [4.69, 9.17) is 42.8 Å². The van der Waals surface area contributed by atoms with E-state index in [0.717, 1.165) is 16.8 Å². The van der Waals surface area contributed by atoms with E-state index < -0.39 is 88.1 Å². The second-order valence-corrected chi connectivity index (χ2v) is 18.7. The van der Waals surface area contributed by atoms with Crippen LogP contribution in [-0.4, -0.2) is 90.8 Å². The second-order valence-electron chi connectivity index (χ2n) is 13.2. The summed E-state index contributed by atoms with van der Waals surface area (Å²) in [6.07, 6.45) is -7.19. The third kappa shape index (κ3) is 8.90. The number of nitrogens with two attached hydrogens (primary N) is 1. The van der Waals surface area contributed by atoms with Crippen molar-refractivity contribution in [3.05, 3.63) is 105 Å². The number of hydrogen-bond donors (Lipinski definition) is 3. The molecule has 8 rings (SSSR count). The van der Waals surface area contributed by atoms with Crippen LogP contribution in [0.15, 0.2) is 83.0 Å². The lowest BCUT2D eigenvalue weighted by Gasteiger charge is -2.27. The van der Waals surface area contributed by atoms with Gasteiger partial charge in [-0.15, -0.1) is 0 Å². The number of carbonyl (C=O) groups is 1. The average molecular weight is 878 g/mol. The predicted molar refractivity (Wildman–Crippen MR) is 203 cm³/mol. The first-order valence-corrected chi connectivity index (χ1v) is 22.3. The highest BCUT2D eigenvalue weighted by Gasteiger charge is 2.53. The number of fused-ring (bicyclic) bond motifs is 4. The van der Waals surface area contributed by atoms with E-state index in [0.29, 0.717) is 28.3 Å². The number of alkyl halides is 1. The number of ether oxygens (including phenoxy) is 4. The van der Waals surface area contributed by atoms with Crippen molar-refractivity contribution in [2.75, 3.05) is 26.1 Å². The van der Waals surface area contributed by atoms with Crippen LogP contribution in [0.5, 0.6) is 11.5 Å². The number of hydrogen-bond acceptors (Lipinski definition) is 18. The Bertz CT molecular complexity index is 2560. The molecule has 25 heteroatoms. The third-order valence-corrected chi connectivity index (χ3v) is 14.1. The van der Waals surface area contributed by atoms with Gasteiger partial charge < -0.3 is 29.6 Å². The minimum atomic E-state index is -4.99. The molecule has 1 unspecified atom stereocenters. The number of phosphoric acid groups is 1. The first-order chi connectivity index (χ1) is 28.3. The summed E-state index contributed by atoms with van der Waals surface area (Å²) in [6, 6.07) is 13.6. The van der Waals surface area contributed by atoms with Crippen LogP contribution in [0.1, 0.15) is 34.8 Å². The van der Waals surface area contributed by atoms with Gasteiger partial charge in [0.1, 0.15) is 54.0 Å². The lowest BCUT2D eigenvalue weighted by atomic mass is 10.1. The van der Waals surface area contributed by atoms with Gasteiger partial charge in [0.05, 0.1) is 32.2 Å². The highest BCUT2D eigenvalue weighted by atomic mass is 32.7. The molecule has 6 heterocycles. The second kappa shape index (κ2) is 16.7. The van der Waals surface area contributed by atoms with Crippen molar-refractivity contribution in [2.24, 2.45) is 0 Å². The zero-order valence-corrected chi connectivity index (χ0v) is 33.2. The molecule has 0 spiro atoms. The van der Waals surface area contributed by atoms with Gasteiger partial charge in [0.25, 0.3) is 5.56 Å². The zero-order valence-electron chi connectivity index (χ0n) is 30.5. The van der Waals surface area contributed by atoms with Crippen LogP contribution in [0.2, 0.25) is 0 Å². The number of nitrogens with zero attached hydrogens (tertiary/aromatic N) is 5. The first kappa shape index (κ1) is 41.0. The molecule has 0 aliphatic carbocycles. The van der Waals surface area contributed by atoms with Crippen molar-refractivity contribution >= 4 is 49.0 Å². The normalized spacial score (nSPS) is 29.8. The van der Waals surface area contributed by atoms with Crippen molar-refractivity contribution in [1.82, 2.24) is 29.1 Å². The van der Waals surface area contributed by atoms with Crippen molar-refractivity contribution in [3.8, 4) is 11.5 Å². The number of aromatic amines is 1. The first-order valence-electron chi connectivity index (χ1n) is 17.7. The molecule has 3 aliphatic rings. The number of methoxy groups -OCH3 is 1. The maximum absolute atomic E-state index is 16.3. The molecule has 21 nitrogen and oxygen atoms in total. The van der Waals surface area contributed by atoms with Gasteiger partial charge in [-0.1, -0.05) is 12.1 Å². The minimum Gasteiger partial charge on any atom is -0.497 e. The standard InChI is InChI=1S/C34H34FN7O14P2S/c1-49-20-8-4-19(5-9-20)33(44)52-21-6-2-18(3-7-21)15-59-58(48)51-13-23-22(12-26(53-23)42-17-39-28-30(36)37-16-38-31(28)42)55-57(46,47)50-14-24-27(35)29(56-58)32(54-24)41-11-10-25(43)40-34(41)45/h2-11,16-17,22-24,26-27,29,32H,12-15H2,1H3,(H,46,47)(H2,36,37,38)(H,40,43,45)/t22-,23+,24+,26+,27+,29+,32+,58+/m0/s1. The van der Waals surface area contributed by atoms with Crippen LogP contribution in [-0.2, 0) is 42.5 Å². The summed E-state index contributed by atoms with van der Waals surface area (Å²) in [5, 5.41) is 0. The number of anilines is 1. The van der Waals surface area contributed by atoms with Crippen LogP contribution < -0.4 is 26.5 Å². The fourth-order valence-corrected chi connectivity index (χ4v) is 10.8. The fraction of sp³-hybridized carbons (Fsp3) is 0.353. The Balaban J connectivity index is 1.06. The molecule has 3 fully saturated rings. The van der Waals surface area contributed by atoms with Gasteiger partial charge in [0, 0.05) is 24.4 Å². The maximum Gasteiger partial charge on any atom is 0.472 e. The van der Waals surface area contributed by atoms with Crippen molar-refractivity contribution in [2.45, 2.75) is 55.2 Å². The van der Waals surface area contributed by atoms with E-state index in [1.165, 1.54) is 36.5 Å². The summed E-state index contributed by atoms with van der Waals surface area (Å²) in [4.78, 5) is 62.6. The molecule has 312 valence electrons. The van der Waals surface area contributed by atoms with Crippen molar-refractivity contribution in [1.29, 1.82) is 0 Å². The zero-order chi connectivity index (χ0) is 41.5. The van der Waals surface area contributed by atoms with Gasteiger partial charge in [-0.2, -0.15) is 0 Å². The lowest BCUT2D eigenvalue weighted by Crippen LogP contribution is -2.37. The smallest absolute Gasteiger partial charge is 0.472 e. The summed E-state index contributed by atoms with van der Waals surface area (Å²) < 4.78 is 92.0. The summed E-state index contributed by atoms with van der Waals surface area (Å²) >= 11 is 0.655. The molecular formula is C34H34FN7O14P2S. The SMILES string of the molecule is COc1ccc(C(=O)Oc2ccc(CS[P@]3(=O)OC[C@H]4O[C@@H](n5cnc6c(N)ncnc65)C[C@@H]4OP(=O)(O)OC[C@H]4O[C@@H](n5ccc(=O)[nH]c5=O)[C@H](O3)[C@@H]4F)cc2)cc1. The number of phosphoric ester groups is 1. The van der Waals surface area contributed by atoms with Crippen molar-refractivity contribution in [3.63, 3.8) is 0 Å². The molecular weight excluding hydrogens is 843 g/mol. The number of esters is 1. The molecule has 4 N–H and O–H groups in total. The van der Waals surface area contributed by atoms with Gasteiger partial charge in [-0.3, -0.25) is 37.0 Å². The molecule has 0 radical (unpaired) electrons. The molecule has 3 aromatic heterocycles. The molecule has 2 bridgehead atoms. The average Bonchev–Trinajstić information content (AvgIpc) is 3.91. The van der Waals surface area contributed by atoms with Crippen LogP contribution in [0.4, 0.5) is 10.2 Å². The highest BCUT2D eigenvalue weighted by Crippen LogP contribution is 2.65. The van der Waals surface area contributed by atoms with Crippen LogP contribution in [0.25, 0.3) is 11.2 Å². The number of nitrogens with one attached hydrogen (secondary N) is 1. The number of halogens is 1. The maximum atomic E-state index is 16.3. The molecule has 9 atom stereocenters. The Morgan fingerprint density at radius 3 is 2.46 bits per heavy atom. The van der Waals surface area contributed by atoms with Gasteiger partial charge in [-0.25, -0.2) is 38.1 Å². The number of benzene rings is 2. The number of nitrogen functional groups attached to an aromatic ring is 1. The topological polar surface area (TPSA) is 270 Å². The van der Waals surface area contributed by atoms with E-state index in [1.807, 2.05) is 4.98 Å². The predicted octanol–water partition coefficient (Wildman–Crippen LogP) is 3.67. The number of carbonyl (C=O) groups excluding carboxylic acids is 1. The summed E-state index contributed by atoms with van der Waals surface area (Å²) in [7, 11) is -3.48. The number of imidazole rings is 1. The fourth-order valence-electron chi connectivity index (χ4n) is 6.49. The molecule has 0 saturated carbocycles. The third-order valence-electron chi connectivity index (χ3n) is 9.43. The van der Waals surface area contributed by atoms with E-state index in [2.05, 4.69) is 15.0 Å². The molecule has 3 saturated heterocycles. The molecule has 5 aromatic rings. The Morgan fingerprint density at radius 2 is 1.71 bits per heavy atom. The minimum absolute atomic E-state index is 0.0631. The van der Waals surface area contributed by atoms with E-state index in [1.54, 1.807) is 36.4 Å². The Labute approximate surface area is 335 Å². The summed E-state index contributed by atoms with van der Waals surface area (Å²) in [6.45, 7) is -6.01. The quantitative estimate of drug-likeness (QED) is 0.114. The largest absolute Gasteiger partial charge is 0.497 e. The Morgan fingerprint density at radius 1 is 0.966 bits per heavy atom. The monoisotopic (exact) mass is 877 g/mol. The lowest BCUT2D eigenvalue weighted by molar-refractivity contribution is -0.0635. The molecule has 2 aromatic carbocycles. The van der Waals surface area contributed by atoms with E-state index >= 15 is 4.39 Å². The van der Waals surface area contributed by atoms with Gasteiger partial charge in [0.2, 0.25) is 0 Å². The van der Waals surface area contributed by atoms with Crippen molar-refractivity contribution < 1.29 is 60.3 Å². The Hall–Kier alpha value is -4.80. The Kier molecular flexibility index (Phi) is 11.6. The van der Waals surface area contributed by atoms with Gasteiger partial charge >= 0.3 is 26.3 Å². The van der Waals surface area contributed by atoms with Crippen LogP contribution in [0.3, 0.4) is 0 Å². The van der Waals surface area contributed by atoms with E-state index in [-0.39, 0.29) is 34.9 Å². The highest BCUT2D eigenvalue weighted by molar-refractivity contribution is 8.54. The molecule has 0 amide bonds. The van der Waals surface area contributed by atoms with E-state index in [9.17, 15) is 28.4 Å². The molecule has 59 heavy (non-hydrogen) atoms. The van der Waals surface area contributed by atoms with Crippen LogP contribution >= 0.6 is 26.0 Å². The molecule has 3 aliphatic heterocycles. The number of rotatable bonds is 8.